The molecule has 0 aliphatic heterocycles. The fourth-order valence-corrected chi connectivity index (χ4v) is 3.45. The normalized spacial score (nSPS) is 12.3. The fourth-order valence-electron chi connectivity index (χ4n) is 2.52. The maximum Gasteiger partial charge on any atom is 0.261 e. The van der Waals surface area contributed by atoms with Crippen LogP contribution < -0.4 is 5.32 Å². The zero-order chi connectivity index (χ0) is 17.8. The van der Waals surface area contributed by atoms with Gasteiger partial charge in [0.05, 0.1) is 17.2 Å². The van der Waals surface area contributed by atoms with Crippen molar-refractivity contribution in [3.63, 3.8) is 0 Å². The van der Waals surface area contributed by atoms with E-state index in [2.05, 4.69) is 5.32 Å². The number of carbonyl (C=O) groups is 1. The van der Waals surface area contributed by atoms with Crippen molar-refractivity contribution in [1.29, 1.82) is 0 Å². The first-order chi connectivity index (χ1) is 12.0. The van der Waals surface area contributed by atoms with E-state index in [0.29, 0.717) is 11.4 Å². The molecule has 0 radical (unpaired) electrons. The van der Waals surface area contributed by atoms with Crippen molar-refractivity contribution in [2.45, 2.75) is 6.04 Å². The summed E-state index contributed by atoms with van der Waals surface area (Å²) < 4.78 is 18.5. The van der Waals surface area contributed by atoms with Crippen molar-refractivity contribution in [2.24, 2.45) is 0 Å². The highest BCUT2D eigenvalue weighted by Gasteiger charge is 2.19. The molecule has 4 nitrogen and oxygen atoms in total. The van der Waals surface area contributed by atoms with Gasteiger partial charge in [-0.2, -0.15) is 0 Å². The second kappa shape index (κ2) is 7.63. The molecule has 2 aromatic heterocycles. The van der Waals surface area contributed by atoms with Crippen LogP contribution in [0, 0.1) is 5.82 Å². The topological polar surface area (TPSA) is 45.5 Å². The Morgan fingerprint density at radius 2 is 1.96 bits per heavy atom. The molecular weight excluding hydrogens is 339 g/mol. The van der Waals surface area contributed by atoms with Crippen molar-refractivity contribution < 1.29 is 13.6 Å². The molecule has 1 aromatic carbocycles. The summed E-state index contributed by atoms with van der Waals surface area (Å²) in [5.41, 5.74) is 0.896. The largest absolute Gasteiger partial charge is 0.468 e. The van der Waals surface area contributed by atoms with Crippen molar-refractivity contribution in [1.82, 2.24) is 10.2 Å². The SMILES string of the molecule is CN(C)C(CNC(=O)c1ccc(-c2ccc(F)cc2)s1)c1ccco1. The average molecular weight is 358 g/mol. The summed E-state index contributed by atoms with van der Waals surface area (Å²) in [4.78, 5) is 16.0. The van der Waals surface area contributed by atoms with Gasteiger partial charge in [0, 0.05) is 11.4 Å². The predicted molar refractivity (Wildman–Crippen MR) is 97.2 cm³/mol. The van der Waals surface area contributed by atoms with Crippen LogP contribution in [0.5, 0.6) is 0 Å². The predicted octanol–water partition coefficient (Wildman–Crippen LogP) is 4.18. The van der Waals surface area contributed by atoms with Gasteiger partial charge in [-0.15, -0.1) is 11.3 Å². The number of amides is 1. The summed E-state index contributed by atoms with van der Waals surface area (Å²) in [6.45, 7) is 0.448. The Morgan fingerprint density at radius 1 is 1.20 bits per heavy atom. The monoisotopic (exact) mass is 358 g/mol. The molecule has 3 aromatic rings. The Labute approximate surface area is 149 Å². The van der Waals surface area contributed by atoms with Gasteiger partial charge >= 0.3 is 0 Å². The van der Waals surface area contributed by atoms with Gasteiger partial charge in [-0.25, -0.2) is 4.39 Å². The number of carbonyl (C=O) groups excluding carboxylic acids is 1. The lowest BCUT2D eigenvalue weighted by Gasteiger charge is -2.22. The first-order valence-corrected chi connectivity index (χ1v) is 8.70. The van der Waals surface area contributed by atoms with Crippen molar-refractivity contribution in [2.75, 3.05) is 20.6 Å². The van der Waals surface area contributed by atoms with Crippen LogP contribution in [-0.4, -0.2) is 31.4 Å². The Balaban J connectivity index is 1.66. The van der Waals surface area contributed by atoms with E-state index in [1.807, 2.05) is 37.2 Å². The molecule has 6 heteroatoms. The van der Waals surface area contributed by atoms with Gasteiger partial charge in [-0.1, -0.05) is 12.1 Å². The zero-order valence-electron chi connectivity index (χ0n) is 14.0. The highest BCUT2D eigenvalue weighted by atomic mass is 32.1. The van der Waals surface area contributed by atoms with Gasteiger partial charge in [0.15, 0.2) is 0 Å². The van der Waals surface area contributed by atoms with E-state index in [0.717, 1.165) is 16.2 Å². The van der Waals surface area contributed by atoms with E-state index < -0.39 is 0 Å². The number of nitrogens with one attached hydrogen (secondary N) is 1. The van der Waals surface area contributed by atoms with Crippen LogP contribution in [0.2, 0.25) is 0 Å². The Bertz CT molecular complexity index is 825. The summed E-state index contributed by atoms with van der Waals surface area (Å²) in [6.07, 6.45) is 1.63. The van der Waals surface area contributed by atoms with Gasteiger partial charge in [0.2, 0.25) is 0 Å². The van der Waals surface area contributed by atoms with Crippen molar-refractivity contribution in [3.05, 3.63) is 71.2 Å². The van der Waals surface area contributed by atoms with E-state index >= 15 is 0 Å². The number of hydrogen-bond acceptors (Lipinski definition) is 4. The Kier molecular flexibility index (Phi) is 5.31. The van der Waals surface area contributed by atoms with Crippen LogP contribution in [-0.2, 0) is 0 Å². The van der Waals surface area contributed by atoms with Crippen LogP contribution in [0.3, 0.4) is 0 Å². The molecule has 0 fully saturated rings. The smallest absolute Gasteiger partial charge is 0.261 e. The highest BCUT2D eigenvalue weighted by molar-refractivity contribution is 7.17. The molecule has 25 heavy (non-hydrogen) atoms. The Hall–Kier alpha value is -2.44. The second-order valence-corrected chi connectivity index (χ2v) is 6.96. The lowest BCUT2D eigenvalue weighted by atomic mass is 10.2. The number of nitrogens with zero attached hydrogens (tertiary/aromatic N) is 1. The minimum atomic E-state index is -0.272. The molecule has 3 rings (SSSR count). The second-order valence-electron chi connectivity index (χ2n) is 5.88. The summed E-state index contributed by atoms with van der Waals surface area (Å²) in [6, 6.07) is 13.6. The van der Waals surface area contributed by atoms with Crippen LogP contribution >= 0.6 is 11.3 Å². The third kappa shape index (κ3) is 4.15. The molecule has 0 saturated heterocycles. The average Bonchev–Trinajstić information content (AvgIpc) is 3.27. The highest BCUT2D eigenvalue weighted by Crippen LogP contribution is 2.28. The van der Waals surface area contributed by atoms with Gasteiger partial charge in [-0.05, 0) is 56.1 Å². The van der Waals surface area contributed by atoms with Crippen molar-refractivity contribution >= 4 is 17.2 Å². The van der Waals surface area contributed by atoms with Crippen LogP contribution in [0.1, 0.15) is 21.5 Å². The van der Waals surface area contributed by atoms with E-state index in [4.69, 9.17) is 4.42 Å². The van der Waals surface area contributed by atoms with E-state index in [9.17, 15) is 9.18 Å². The summed E-state index contributed by atoms with van der Waals surface area (Å²) in [5, 5.41) is 2.95. The first kappa shape index (κ1) is 17.4. The summed E-state index contributed by atoms with van der Waals surface area (Å²) >= 11 is 1.39. The maximum absolute atomic E-state index is 13.0. The minimum Gasteiger partial charge on any atom is -0.468 e. The van der Waals surface area contributed by atoms with Gasteiger partial charge in [0.1, 0.15) is 11.6 Å². The maximum atomic E-state index is 13.0. The molecule has 0 aliphatic rings. The number of rotatable bonds is 6. The van der Waals surface area contributed by atoms with Crippen LogP contribution in [0.4, 0.5) is 4.39 Å². The molecular formula is C19H19FN2O2S. The number of thiophene rings is 1. The summed E-state index contributed by atoms with van der Waals surface area (Å²) in [7, 11) is 3.88. The molecule has 1 unspecified atom stereocenters. The number of hydrogen-bond donors (Lipinski definition) is 1. The molecule has 1 amide bonds. The molecule has 1 N–H and O–H groups in total. The zero-order valence-corrected chi connectivity index (χ0v) is 14.8. The van der Waals surface area contributed by atoms with Crippen LogP contribution in [0.25, 0.3) is 10.4 Å². The van der Waals surface area contributed by atoms with E-state index in [1.54, 1.807) is 24.5 Å². The Morgan fingerprint density at radius 3 is 2.60 bits per heavy atom. The number of furan rings is 1. The molecule has 0 aliphatic carbocycles. The van der Waals surface area contributed by atoms with Gasteiger partial charge in [0.25, 0.3) is 5.91 Å². The molecule has 1 atom stereocenters. The number of likely N-dealkylation sites (N-methyl/N-ethyl adjacent to an activating group) is 1. The summed E-state index contributed by atoms with van der Waals surface area (Å²) in [5.74, 6) is 0.408. The fraction of sp³-hybridized carbons (Fsp3) is 0.211. The molecule has 0 saturated carbocycles. The number of halogens is 1. The van der Waals surface area contributed by atoms with Crippen LogP contribution in [0.15, 0.2) is 59.2 Å². The third-order valence-corrected chi connectivity index (χ3v) is 5.04. The van der Waals surface area contributed by atoms with Crippen molar-refractivity contribution in [3.8, 4) is 10.4 Å². The third-order valence-electron chi connectivity index (χ3n) is 3.91. The molecule has 130 valence electrons. The van der Waals surface area contributed by atoms with E-state index in [1.165, 1.54) is 23.5 Å². The van der Waals surface area contributed by atoms with E-state index in [-0.39, 0.29) is 17.8 Å². The lowest BCUT2D eigenvalue weighted by molar-refractivity contribution is 0.0943. The minimum absolute atomic E-state index is 0.0320. The quantitative estimate of drug-likeness (QED) is 0.719. The lowest BCUT2D eigenvalue weighted by Crippen LogP contribution is -2.34. The van der Waals surface area contributed by atoms with Gasteiger partial charge < -0.3 is 9.73 Å². The molecule has 0 spiro atoms. The molecule has 0 bridgehead atoms. The molecule has 2 heterocycles. The number of benzene rings is 1. The van der Waals surface area contributed by atoms with Gasteiger partial charge in [-0.3, -0.25) is 9.69 Å². The first-order valence-electron chi connectivity index (χ1n) is 7.88. The standard InChI is InChI=1S/C19H19FN2O2S/c1-22(2)15(16-4-3-11-24-16)12-21-19(23)18-10-9-17(25-18)13-5-7-14(20)8-6-13/h3-11,15H,12H2,1-2H3,(H,21,23).